The van der Waals surface area contributed by atoms with Crippen molar-refractivity contribution in [3.63, 3.8) is 0 Å². The molecule has 1 heterocycles. The summed E-state index contributed by atoms with van der Waals surface area (Å²) in [7, 11) is 1.60. The summed E-state index contributed by atoms with van der Waals surface area (Å²) in [6.45, 7) is 1.76. The van der Waals surface area contributed by atoms with E-state index in [1.54, 1.807) is 24.1 Å². The molecule has 0 saturated carbocycles. The number of nitrogens with zero attached hydrogens (tertiary/aromatic N) is 1. The third-order valence-electron chi connectivity index (χ3n) is 3.96. The zero-order valence-electron chi connectivity index (χ0n) is 13.4. The van der Waals surface area contributed by atoms with Crippen molar-refractivity contribution >= 4 is 29.1 Å². The first-order valence-corrected chi connectivity index (χ1v) is 7.89. The molecule has 0 fully saturated rings. The SMILES string of the molecule is COc1ccc(CN2C(=O)[C@H](NC(C)=O)c3cccc(Cl)c32)cc1. The Balaban J connectivity index is 1.95. The van der Waals surface area contributed by atoms with Gasteiger partial charge in [-0.15, -0.1) is 0 Å². The molecule has 0 bridgehead atoms. The highest BCUT2D eigenvalue weighted by Gasteiger charge is 2.39. The maximum absolute atomic E-state index is 12.8. The van der Waals surface area contributed by atoms with Crippen LogP contribution in [-0.2, 0) is 16.1 Å². The van der Waals surface area contributed by atoms with Crippen molar-refractivity contribution in [3.8, 4) is 5.75 Å². The predicted octanol–water partition coefficient (Wildman–Crippen LogP) is 3.07. The van der Waals surface area contributed by atoms with Gasteiger partial charge in [0.1, 0.15) is 11.8 Å². The standard InChI is InChI=1S/C18H17ClN2O3/c1-11(22)20-16-14-4-3-5-15(19)17(14)21(18(16)23)10-12-6-8-13(24-2)9-7-12/h3-9,16H,10H2,1-2H3,(H,20,22)/t16-/m1/s1. The molecule has 2 aromatic rings. The molecule has 0 saturated heterocycles. The van der Waals surface area contributed by atoms with Gasteiger partial charge >= 0.3 is 0 Å². The minimum atomic E-state index is -0.700. The number of para-hydroxylation sites is 1. The van der Waals surface area contributed by atoms with Gasteiger partial charge in [0.2, 0.25) is 5.91 Å². The number of fused-ring (bicyclic) bond motifs is 1. The fraction of sp³-hybridized carbons (Fsp3) is 0.222. The van der Waals surface area contributed by atoms with Gasteiger partial charge in [-0.1, -0.05) is 35.9 Å². The Bertz CT molecular complexity index is 789. The number of methoxy groups -OCH3 is 1. The summed E-state index contributed by atoms with van der Waals surface area (Å²) in [5.74, 6) is 0.302. The van der Waals surface area contributed by atoms with E-state index in [1.807, 2.05) is 30.3 Å². The molecule has 6 heteroatoms. The van der Waals surface area contributed by atoms with Crippen LogP contribution in [0.25, 0.3) is 0 Å². The van der Waals surface area contributed by atoms with Crippen molar-refractivity contribution in [1.82, 2.24) is 5.32 Å². The molecule has 0 aliphatic carbocycles. The van der Waals surface area contributed by atoms with Gasteiger partial charge in [0.15, 0.2) is 0 Å². The van der Waals surface area contributed by atoms with E-state index in [-0.39, 0.29) is 11.8 Å². The van der Waals surface area contributed by atoms with E-state index < -0.39 is 6.04 Å². The first-order valence-electron chi connectivity index (χ1n) is 7.51. The highest BCUT2D eigenvalue weighted by molar-refractivity contribution is 6.34. The summed E-state index contributed by atoms with van der Waals surface area (Å²) in [5.41, 5.74) is 2.31. The van der Waals surface area contributed by atoms with Crippen LogP contribution < -0.4 is 15.0 Å². The second kappa shape index (κ2) is 6.53. The fourth-order valence-electron chi connectivity index (χ4n) is 2.86. The number of nitrogens with one attached hydrogen (secondary N) is 1. The summed E-state index contributed by atoms with van der Waals surface area (Å²) < 4.78 is 5.15. The van der Waals surface area contributed by atoms with E-state index in [1.165, 1.54) is 6.92 Å². The van der Waals surface area contributed by atoms with E-state index >= 15 is 0 Å². The molecule has 2 aromatic carbocycles. The summed E-state index contributed by atoms with van der Waals surface area (Å²) in [4.78, 5) is 25.9. The predicted molar refractivity (Wildman–Crippen MR) is 92.2 cm³/mol. The number of hydrogen-bond acceptors (Lipinski definition) is 3. The van der Waals surface area contributed by atoms with Gasteiger partial charge in [0.25, 0.3) is 5.91 Å². The molecular weight excluding hydrogens is 328 g/mol. The quantitative estimate of drug-likeness (QED) is 0.927. The van der Waals surface area contributed by atoms with E-state index in [9.17, 15) is 9.59 Å². The second-order valence-electron chi connectivity index (χ2n) is 5.58. The molecule has 0 spiro atoms. The lowest BCUT2D eigenvalue weighted by atomic mass is 10.1. The summed E-state index contributed by atoms with van der Waals surface area (Å²) in [6.07, 6.45) is 0. The molecular formula is C18H17ClN2O3. The lowest BCUT2D eigenvalue weighted by Gasteiger charge is -2.19. The smallest absolute Gasteiger partial charge is 0.254 e. The van der Waals surface area contributed by atoms with Crippen LogP contribution in [0.2, 0.25) is 5.02 Å². The molecule has 124 valence electrons. The highest BCUT2D eigenvalue weighted by atomic mass is 35.5. The van der Waals surface area contributed by atoms with Crippen LogP contribution in [0.1, 0.15) is 24.1 Å². The van der Waals surface area contributed by atoms with Crippen LogP contribution in [0, 0.1) is 0 Å². The maximum Gasteiger partial charge on any atom is 0.254 e. The van der Waals surface area contributed by atoms with Crippen LogP contribution in [0.15, 0.2) is 42.5 Å². The Labute approximate surface area is 145 Å². The number of halogens is 1. The number of carbonyl (C=O) groups excluding carboxylic acids is 2. The number of amides is 2. The molecule has 0 aromatic heterocycles. The Morgan fingerprint density at radius 2 is 1.96 bits per heavy atom. The zero-order chi connectivity index (χ0) is 17.3. The van der Waals surface area contributed by atoms with Gasteiger partial charge in [0, 0.05) is 12.5 Å². The van der Waals surface area contributed by atoms with E-state index in [0.717, 1.165) is 16.9 Å². The van der Waals surface area contributed by atoms with Crippen molar-refractivity contribution < 1.29 is 14.3 Å². The second-order valence-corrected chi connectivity index (χ2v) is 5.99. The fourth-order valence-corrected chi connectivity index (χ4v) is 3.15. The zero-order valence-corrected chi connectivity index (χ0v) is 14.1. The molecule has 3 rings (SSSR count). The first-order chi connectivity index (χ1) is 11.5. The van der Waals surface area contributed by atoms with E-state index in [2.05, 4.69) is 5.32 Å². The van der Waals surface area contributed by atoms with Gasteiger partial charge in [-0.25, -0.2) is 0 Å². The minimum absolute atomic E-state index is 0.191. The van der Waals surface area contributed by atoms with E-state index in [0.29, 0.717) is 17.3 Å². The average molecular weight is 345 g/mol. The minimum Gasteiger partial charge on any atom is -0.497 e. The first kappa shape index (κ1) is 16.3. The number of ether oxygens (including phenoxy) is 1. The van der Waals surface area contributed by atoms with Gasteiger partial charge in [0.05, 0.1) is 24.4 Å². The van der Waals surface area contributed by atoms with Crippen molar-refractivity contribution in [2.45, 2.75) is 19.5 Å². The third kappa shape index (κ3) is 2.95. The van der Waals surface area contributed by atoms with Crippen molar-refractivity contribution in [1.29, 1.82) is 0 Å². The van der Waals surface area contributed by atoms with Crippen LogP contribution in [0.3, 0.4) is 0 Å². The molecule has 1 N–H and O–H groups in total. The number of hydrogen-bond donors (Lipinski definition) is 1. The Kier molecular flexibility index (Phi) is 4.44. The summed E-state index contributed by atoms with van der Waals surface area (Å²) >= 11 is 6.32. The Morgan fingerprint density at radius 3 is 2.58 bits per heavy atom. The van der Waals surface area contributed by atoms with Crippen molar-refractivity contribution in [3.05, 3.63) is 58.6 Å². The van der Waals surface area contributed by atoms with E-state index in [4.69, 9.17) is 16.3 Å². The molecule has 1 aliphatic heterocycles. The lowest BCUT2D eigenvalue weighted by molar-refractivity contribution is -0.126. The van der Waals surface area contributed by atoms with Crippen molar-refractivity contribution in [2.24, 2.45) is 0 Å². The van der Waals surface area contributed by atoms with Gasteiger partial charge in [-0.3, -0.25) is 9.59 Å². The van der Waals surface area contributed by atoms with Gasteiger partial charge < -0.3 is 15.0 Å². The number of rotatable bonds is 4. The number of carbonyl (C=O) groups is 2. The van der Waals surface area contributed by atoms with Crippen LogP contribution >= 0.6 is 11.6 Å². The van der Waals surface area contributed by atoms with Gasteiger partial charge in [-0.05, 0) is 23.8 Å². The van der Waals surface area contributed by atoms with Crippen LogP contribution in [0.5, 0.6) is 5.75 Å². The lowest BCUT2D eigenvalue weighted by Crippen LogP contribution is -2.36. The summed E-state index contributed by atoms with van der Waals surface area (Å²) in [5, 5.41) is 3.19. The average Bonchev–Trinajstić information content (AvgIpc) is 2.82. The largest absolute Gasteiger partial charge is 0.497 e. The van der Waals surface area contributed by atoms with Crippen molar-refractivity contribution in [2.75, 3.05) is 12.0 Å². The van der Waals surface area contributed by atoms with Crippen LogP contribution in [0.4, 0.5) is 5.69 Å². The maximum atomic E-state index is 12.8. The Morgan fingerprint density at radius 1 is 1.25 bits per heavy atom. The molecule has 0 radical (unpaired) electrons. The van der Waals surface area contributed by atoms with Gasteiger partial charge in [-0.2, -0.15) is 0 Å². The normalized spacial score (nSPS) is 16.0. The molecule has 1 aliphatic rings. The molecule has 5 nitrogen and oxygen atoms in total. The summed E-state index contributed by atoms with van der Waals surface area (Å²) in [6, 6.07) is 12.1. The van der Waals surface area contributed by atoms with Crippen LogP contribution in [-0.4, -0.2) is 18.9 Å². The molecule has 1 atom stereocenters. The molecule has 0 unspecified atom stereocenters. The number of anilines is 1. The Hall–Kier alpha value is -2.53. The molecule has 2 amide bonds. The molecule has 24 heavy (non-hydrogen) atoms. The monoisotopic (exact) mass is 344 g/mol. The highest BCUT2D eigenvalue weighted by Crippen LogP contribution is 2.41. The number of benzene rings is 2. The topological polar surface area (TPSA) is 58.6 Å². The third-order valence-corrected chi connectivity index (χ3v) is 4.26.